The first-order valence-electron chi connectivity index (χ1n) is 6.54. The Kier molecular flexibility index (Phi) is 3.26. The van der Waals surface area contributed by atoms with E-state index in [0.29, 0.717) is 25.3 Å². The number of rotatable bonds is 4. The van der Waals surface area contributed by atoms with Crippen LogP contribution >= 0.6 is 0 Å². The zero-order chi connectivity index (χ0) is 11.8. The van der Waals surface area contributed by atoms with E-state index < -0.39 is 5.92 Å². The van der Waals surface area contributed by atoms with E-state index in [1.54, 1.807) is 0 Å². The van der Waals surface area contributed by atoms with Crippen LogP contribution in [-0.4, -0.2) is 12.5 Å². The second-order valence-electron chi connectivity index (χ2n) is 6.08. The molecule has 0 aliphatic heterocycles. The summed E-state index contributed by atoms with van der Waals surface area (Å²) in [6.07, 6.45) is 5.05. The fourth-order valence-corrected chi connectivity index (χ4v) is 3.15. The lowest BCUT2D eigenvalue weighted by Gasteiger charge is -2.41. The number of alkyl halides is 2. The van der Waals surface area contributed by atoms with Crippen molar-refractivity contribution in [1.29, 1.82) is 0 Å². The summed E-state index contributed by atoms with van der Waals surface area (Å²) >= 11 is 0. The molecule has 0 heterocycles. The zero-order valence-electron chi connectivity index (χ0n) is 10.1. The third-order valence-electron chi connectivity index (χ3n) is 4.66. The number of nitrogens with two attached hydrogens (primary N) is 1. The average molecular weight is 231 g/mol. The van der Waals surface area contributed by atoms with Crippen LogP contribution < -0.4 is 5.73 Å². The SMILES string of the molecule is CC(CC1(CN)CCC(F)(F)CC1)C1CC1. The molecule has 3 heteroatoms. The van der Waals surface area contributed by atoms with Crippen LogP contribution in [0, 0.1) is 17.3 Å². The van der Waals surface area contributed by atoms with E-state index in [0.717, 1.165) is 12.3 Å². The Balaban J connectivity index is 1.92. The molecule has 2 aliphatic carbocycles. The second kappa shape index (κ2) is 4.25. The molecule has 2 N–H and O–H groups in total. The van der Waals surface area contributed by atoms with E-state index in [1.165, 1.54) is 12.8 Å². The molecule has 0 bridgehead atoms. The third kappa shape index (κ3) is 2.73. The van der Waals surface area contributed by atoms with E-state index in [9.17, 15) is 8.78 Å². The van der Waals surface area contributed by atoms with Gasteiger partial charge >= 0.3 is 0 Å². The summed E-state index contributed by atoms with van der Waals surface area (Å²) in [7, 11) is 0. The van der Waals surface area contributed by atoms with E-state index in [1.807, 2.05) is 0 Å². The van der Waals surface area contributed by atoms with Crippen LogP contribution in [0.1, 0.15) is 51.9 Å². The molecule has 0 aromatic heterocycles. The lowest BCUT2D eigenvalue weighted by molar-refractivity contribution is -0.0699. The Hall–Kier alpha value is -0.180. The Morgan fingerprint density at radius 1 is 1.19 bits per heavy atom. The van der Waals surface area contributed by atoms with Crippen molar-refractivity contribution in [2.24, 2.45) is 23.0 Å². The summed E-state index contributed by atoms with van der Waals surface area (Å²) in [6, 6.07) is 0. The van der Waals surface area contributed by atoms with Crippen LogP contribution in [0.2, 0.25) is 0 Å². The largest absolute Gasteiger partial charge is 0.330 e. The maximum absolute atomic E-state index is 13.2. The molecule has 94 valence electrons. The zero-order valence-corrected chi connectivity index (χ0v) is 10.1. The number of hydrogen-bond acceptors (Lipinski definition) is 1. The van der Waals surface area contributed by atoms with Gasteiger partial charge in [0.25, 0.3) is 0 Å². The quantitative estimate of drug-likeness (QED) is 0.786. The molecule has 16 heavy (non-hydrogen) atoms. The fourth-order valence-electron chi connectivity index (χ4n) is 3.15. The van der Waals surface area contributed by atoms with Gasteiger partial charge in [-0.15, -0.1) is 0 Å². The van der Waals surface area contributed by atoms with Gasteiger partial charge in [-0.3, -0.25) is 0 Å². The molecule has 1 unspecified atom stereocenters. The molecule has 0 aromatic carbocycles. The van der Waals surface area contributed by atoms with Crippen molar-refractivity contribution in [3.8, 4) is 0 Å². The van der Waals surface area contributed by atoms with Crippen LogP contribution in [0.25, 0.3) is 0 Å². The first-order valence-corrected chi connectivity index (χ1v) is 6.54. The fraction of sp³-hybridized carbons (Fsp3) is 1.00. The summed E-state index contributed by atoms with van der Waals surface area (Å²) in [5.41, 5.74) is 5.87. The summed E-state index contributed by atoms with van der Waals surface area (Å²) in [5, 5.41) is 0. The van der Waals surface area contributed by atoms with Crippen LogP contribution in [0.5, 0.6) is 0 Å². The van der Waals surface area contributed by atoms with Crippen LogP contribution in [0.15, 0.2) is 0 Å². The standard InChI is InChI=1S/C13H23F2N/c1-10(11-2-3-11)8-12(9-16)4-6-13(14,15)7-5-12/h10-11H,2-9,16H2,1H3. The minimum atomic E-state index is -2.43. The van der Waals surface area contributed by atoms with Gasteiger partial charge in [-0.05, 0) is 55.9 Å². The van der Waals surface area contributed by atoms with Crippen LogP contribution in [-0.2, 0) is 0 Å². The molecule has 1 nitrogen and oxygen atoms in total. The Morgan fingerprint density at radius 2 is 1.75 bits per heavy atom. The lowest BCUT2D eigenvalue weighted by atomic mass is 9.67. The smallest absolute Gasteiger partial charge is 0.248 e. The molecule has 2 rings (SSSR count). The van der Waals surface area contributed by atoms with Gasteiger partial charge < -0.3 is 5.73 Å². The highest BCUT2D eigenvalue weighted by atomic mass is 19.3. The highest BCUT2D eigenvalue weighted by molar-refractivity contribution is 4.92. The van der Waals surface area contributed by atoms with E-state index in [-0.39, 0.29) is 18.3 Å². The lowest BCUT2D eigenvalue weighted by Crippen LogP contribution is -2.40. The Labute approximate surface area is 96.8 Å². The summed E-state index contributed by atoms with van der Waals surface area (Å²) in [5.74, 6) is -0.900. The molecule has 2 fully saturated rings. The average Bonchev–Trinajstić information content (AvgIpc) is 3.05. The van der Waals surface area contributed by atoms with Crippen LogP contribution in [0.4, 0.5) is 8.78 Å². The van der Waals surface area contributed by atoms with Gasteiger partial charge in [0.05, 0.1) is 0 Å². The molecule has 0 saturated heterocycles. The predicted octanol–water partition coefficient (Wildman–Crippen LogP) is 3.58. The normalized spacial score (nSPS) is 30.0. The molecular formula is C13H23F2N. The molecule has 1 atom stereocenters. The van der Waals surface area contributed by atoms with Gasteiger partial charge in [0.2, 0.25) is 5.92 Å². The van der Waals surface area contributed by atoms with E-state index in [2.05, 4.69) is 6.92 Å². The first kappa shape index (κ1) is 12.3. The molecule has 0 spiro atoms. The van der Waals surface area contributed by atoms with Crippen LogP contribution in [0.3, 0.4) is 0 Å². The minimum Gasteiger partial charge on any atom is -0.330 e. The minimum absolute atomic E-state index is 0.0175. The topological polar surface area (TPSA) is 26.0 Å². The maximum atomic E-state index is 13.2. The number of halogens is 2. The van der Waals surface area contributed by atoms with Crippen molar-refractivity contribution in [1.82, 2.24) is 0 Å². The van der Waals surface area contributed by atoms with Gasteiger partial charge in [0.15, 0.2) is 0 Å². The Bertz CT molecular complexity index is 238. The maximum Gasteiger partial charge on any atom is 0.248 e. The first-order chi connectivity index (χ1) is 7.46. The van der Waals surface area contributed by atoms with E-state index in [4.69, 9.17) is 5.73 Å². The molecule has 0 aromatic rings. The van der Waals surface area contributed by atoms with Crippen molar-refractivity contribution in [2.45, 2.75) is 57.8 Å². The highest BCUT2D eigenvalue weighted by Gasteiger charge is 2.44. The summed E-state index contributed by atoms with van der Waals surface area (Å²) < 4.78 is 26.3. The number of hydrogen-bond donors (Lipinski definition) is 1. The van der Waals surface area contributed by atoms with Crippen molar-refractivity contribution < 1.29 is 8.78 Å². The van der Waals surface area contributed by atoms with Gasteiger partial charge in [0, 0.05) is 12.8 Å². The molecule has 0 radical (unpaired) electrons. The monoisotopic (exact) mass is 231 g/mol. The predicted molar refractivity (Wildman–Crippen MR) is 61.4 cm³/mol. The van der Waals surface area contributed by atoms with E-state index >= 15 is 0 Å². The second-order valence-corrected chi connectivity index (χ2v) is 6.08. The third-order valence-corrected chi connectivity index (χ3v) is 4.66. The van der Waals surface area contributed by atoms with Crippen molar-refractivity contribution in [3.05, 3.63) is 0 Å². The van der Waals surface area contributed by atoms with Gasteiger partial charge in [-0.1, -0.05) is 6.92 Å². The summed E-state index contributed by atoms with van der Waals surface area (Å²) in [4.78, 5) is 0. The van der Waals surface area contributed by atoms with Gasteiger partial charge in [-0.25, -0.2) is 8.78 Å². The highest BCUT2D eigenvalue weighted by Crippen LogP contribution is 2.49. The van der Waals surface area contributed by atoms with Crippen molar-refractivity contribution >= 4 is 0 Å². The molecule has 2 aliphatic rings. The molecular weight excluding hydrogens is 208 g/mol. The molecule has 0 amide bonds. The summed E-state index contributed by atoms with van der Waals surface area (Å²) in [6.45, 7) is 2.85. The van der Waals surface area contributed by atoms with Crippen molar-refractivity contribution in [2.75, 3.05) is 6.54 Å². The van der Waals surface area contributed by atoms with Crippen molar-refractivity contribution in [3.63, 3.8) is 0 Å². The van der Waals surface area contributed by atoms with Gasteiger partial charge in [0.1, 0.15) is 0 Å². The van der Waals surface area contributed by atoms with Gasteiger partial charge in [-0.2, -0.15) is 0 Å². The Morgan fingerprint density at radius 3 is 2.19 bits per heavy atom. The molecule has 2 saturated carbocycles.